The van der Waals surface area contributed by atoms with Crippen LogP contribution in [0.25, 0.3) is 5.65 Å². The van der Waals surface area contributed by atoms with Crippen molar-refractivity contribution < 1.29 is 4.74 Å². The van der Waals surface area contributed by atoms with Crippen molar-refractivity contribution in [3.8, 4) is 0 Å². The van der Waals surface area contributed by atoms with Crippen molar-refractivity contribution in [2.24, 2.45) is 5.92 Å². The molecule has 1 fully saturated rings. The van der Waals surface area contributed by atoms with Crippen molar-refractivity contribution in [3.05, 3.63) is 29.2 Å². The molecule has 0 saturated carbocycles. The van der Waals surface area contributed by atoms with Crippen molar-refractivity contribution >= 4 is 17.2 Å². The summed E-state index contributed by atoms with van der Waals surface area (Å²) in [6.07, 6.45) is 3.21. The van der Waals surface area contributed by atoms with E-state index in [2.05, 4.69) is 10.1 Å². The van der Waals surface area contributed by atoms with Gasteiger partial charge in [-0.1, -0.05) is 17.7 Å². The summed E-state index contributed by atoms with van der Waals surface area (Å²) >= 11 is 6.05. The first-order valence-electron chi connectivity index (χ1n) is 5.91. The summed E-state index contributed by atoms with van der Waals surface area (Å²) in [7, 11) is 0. The van der Waals surface area contributed by atoms with Crippen LogP contribution in [0.2, 0.25) is 5.15 Å². The Bertz CT molecular complexity index is 519. The van der Waals surface area contributed by atoms with Crippen LogP contribution in [0.15, 0.2) is 18.2 Å². The fourth-order valence-corrected chi connectivity index (χ4v) is 2.43. The molecule has 3 rings (SSSR count). The third-order valence-corrected chi connectivity index (χ3v) is 3.37. The highest BCUT2D eigenvalue weighted by Crippen LogP contribution is 2.18. The quantitative estimate of drug-likeness (QED) is 0.770. The Morgan fingerprint density at radius 1 is 1.47 bits per heavy atom. The van der Waals surface area contributed by atoms with Crippen molar-refractivity contribution in [2.75, 3.05) is 13.2 Å². The molecule has 0 bridgehead atoms. The predicted octanol–water partition coefficient (Wildman–Crippen LogP) is 2.35. The van der Waals surface area contributed by atoms with Crippen molar-refractivity contribution in [1.29, 1.82) is 0 Å². The highest BCUT2D eigenvalue weighted by Gasteiger charge is 2.17. The van der Waals surface area contributed by atoms with Crippen molar-refractivity contribution in [3.63, 3.8) is 0 Å². The first kappa shape index (κ1) is 11.0. The Labute approximate surface area is 105 Å². The van der Waals surface area contributed by atoms with Gasteiger partial charge >= 0.3 is 0 Å². The van der Waals surface area contributed by atoms with Gasteiger partial charge in [0.15, 0.2) is 11.5 Å². The molecule has 1 aliphatic rings. The summed E-state index contributed by atoms with van der Waals surface area (Å²) in [5.41, 5.74) is 0.809. The van der Waals surface area contributed by atoms with E-state index in [1.807, 2.05) is 18.2 Å². The third-order valence-electron chi connectivity index (χ3n) is 3.08. The molecule has 3 heterocycles. The molecule has 1 atom stereocenters. The third kappa shape index (κ3) is 2.28. The van der Waals surface area contributed by atoms with E-state index in [4.69, 9.17) is 16.3 Å². The number of pyridine rings is 1. The average molecular weight is 252 g/mol. The van der Waals surface area contributed by atoms with E-state index in [1.165, 1.54) is 6.42 Å². The molecule has 2 aromatic heterocycles. The molecule has 1 aliphatic heterocycles. The normalized spacial score (nSPS) is 20.9. The van der Waals surface area contributed by atoms with Crippen molar-refractivity contribution in [1.82, 2.24) is 14.6 Å². The second-order valence-electron chi connectivity index (χ2n) is 4.43. The molecule has 0 N–H and O–H groups in total. The maximum Gasteiger partial charge on any atom is 0.157 e. The Hall–Kier alpha value is -1.13. The van der Waals surface area contributed by atoms with Gasteiger partial charge in [0.25, 0.3) is 0 Å². The molecule has 0 aromatic carbocycles. The van der Waals surface area contributed by atoms with Crippen LogP contribution in [-0.4, -0.2) is 27.8 Å². The lowest BCUT2D eigenvalue weighted by Crippen LogP contribution is -2.19. The second kappa shape index (κ2) is 4.63. The van der Waals surface area contributed by atoms with Gasteiger partial charge in [-0.2, -0.15) is 0 Å². The molecular formula is C12H14ClN3O. The van der Waals surface area contributed by atoms with Crippen LogP contribution in [-0.2, 0) is 11.2 Å². The van der Waals surface area contributed by atoms with E-state index in [0.717, 1.165) is 37.5 Å². The minimum Gasteiger partial charge on any atom is -0.381 e. The number of fused-ring (bicyclic) bond motifs is 1. The van der Waals surface area contributed by atoms with Gasteiger partial charge in [-0.25, -0.2) is 9.50 Å². The topological polar surface area (TPSA) is 39.4 Å². The fraction of sp³-hybridized carbons (Fsp3) is 0.500. The van der Waals surface area contributed by atoms with Gasteiger partial charge in [0.05, 0.1) is 0 Å². The monoisotopic (exact) mass is 251 g/mol. The van der Waals surface area contributed by atoms with Crippen molar-refractivity contribution in [2.45, 2.75) is 19.3 Å². The van der Waals surface area contributed by atoms with Gasteiger partial charge in [-0.15, -0.1) is 5.10 Å². The number of hydrogen-bond donors (Lipinski definition) is 0. The minimum atomic E-state index is 0.542. The number of aromatic nitrogens is 3. The Morgan fingerprint density at radius 2 is 2.41 bits per heavy atom. The zero-order valence-electron chi connectivity index (χ0n) is 9.47. The van der Waals surface area contributed by atoms with Gasteiger partial charge in [-0.3, -0.25) is 0 Å². The van der Waals surface area contributed by atoms with Gasteiger partial charge in [0.2, 0.25) is 0 Å². The highest BCUT2D eigenvalue weighted by atomic mass is 35.5. The largest absolute Gasteiger partial charge is 0.381 e. The molecule has 1 saturated heterocycles. The number of nitrogens with zero attached hydrogens (tertiary/aromatic N) is 3. The summed E-state index contributed by atoms with van der Waals surface area (Å²) < 4.78 is 7.14. The summed E-state index contributed by atoms with van der Waals surface area (Å²) in [5, 5.41) is 5.02. The molecule has 0 spiro atoms. The lowest BCUT2D eigenvalue weighted by Gasteiger charge is -2.20. The zero-order chi connectivity index (χ0) is 11.7. The van der Waals surface area contributed by atoms with Gasteiger partial charge in [-0.05, 0) is 30.9 Å². The number of ether oxygens (including phenoxy) is 1. The smallest absolute Gasteiger partial charge is 0.157 e. The Balaban J connectivity index is 1.83. The SMILES string of the molecule is Clc1cccc2nc(CC3CCCOC3)nn12. The zero-order valence-corrected chi connectivity index (χ0v) is 10.2. The molecule has 0 amide bonds. The average Bonchev–Trinajstić information content (AvgIpc) is 2.74. The summed E-state index contributed by atoms with van der Waals surface area (Å²) in [6.45, 7) is 1.71. The number of rotatable bonds is 2. The maximum atomic E-state index is 6.05. The molecule has 90 valence electrons. The van der Waals surface area contributed by atoms with Crippen LogP contribution in [0.1, 0.15) is 18.7 Å². The van der Waals surface area contributed by atoms with Gasteiger partial charge in [0, 0.05) is 19.6 Å². The van der Waals surface area contributed by atoms with Crippen LogP contribution in [0.3, 0.4) is 0 Å². The molecule has 4 nitrogen and oxygen atoms in total. The lowest BCUT2D eigenvalue weighted by molar-refractivity contribution is 0.0543. The summed E-state index contributed by atoms with van der Waals surface area (Å²) in [4.78, 5) is 4.48. The Kier molecular flexibility index (Phi) is 2.99. The van der Waals surface area contributed by atoms with E-state index in [-0.39, 0.29) is 0 Å². The first-order chi connectivity index (χ1) is 8.33. The Morgan fingerprint density at radius 3 is 3.18 bits per heavy atom. The van der Waals surface area contributed by atoms with Crippen LogP contribution in [0.5, 0.6) is 0 Å². The molecule has 2 aromatic rings. The van der Waals surface area contributed by atoms with Gasteiger partial charge < -0.3 is 4.74 Å². The number of hydrogen-bond acceptors (Lipinski definition) is 3. The lowest BCUT2D eigenvalue weighted by atomic mass is 9.98. The van der Waals surface area contributed by atoms with Gasteiger partial charge in [0.1, 0.15) is 5.15 Å². The summed E-state index contributed by atoms with van der Waals surface area (Å²) in [6, 6.07) is 5.62. The van der Waals surface area contributed by atoms with E-state index >= 15 is 0 Å². The molecule has 1 unspecified atom stereocenters. The first-order valence-corrected chi connectivity index (χ1v) is 6.28. The van der Waals surface area contributed by atoms with Crippen LogP contribution in [0, 0.1) is 5.92 Å². The van der Waals surface area contributed by atoms with E-state index in [9.17, 15) is 0 Å². The molecule has 0 aliphatic carbocycles. The number of halogens is 1. The summed E-state index contributed by atoms with van der Waals surface area (Å²) in [5.74, 6) is 1.40. The maximum absolute atomic E-state index is 6.05. The second-order valence-corrected chi connectivity index (χ2v) is 4.82. The molecule has 5 heteroatoms. The standard InChI is InChI=1S/C12H14ClN3O/c13-10-4-1-5-12-14-11(15-16(10)12)7-9-3-2-6-17-8-9/h1,4-5,9H,2-3,6-8H2. The van der Waals surface area contributed by atoms with E-state index in [1.54, 1.807) is 4.52 Å². The van der Waals surface area contributed by atoms with E-state index < -0.39 is 0 Å². The van der Waals surface area contributed by atoms with Crippen LogP contribution >= 0.6 is 11.6 Å². The van der Waals surface area contributed by atoms with Crippen LogP contribution < -0.4 is 0 Å². The minimum absolute atomic E-state index is 0.542. The highest BCUT2D eigenvalue weighted by molar-refractivity contribution is 6.29. The predicted molar refractivity (Wildman–Crippen MR) is 65.2 cm³/mol. The van der Waals surface area contributed by atoms with Crippen LogP contribution in [0.4, 0.5) is 0 Å². The molecule has 0 radical (unpaired) electrons. The fourth-order valence-electron chi connectivity index (χ4n) is 2.23. The molecule has 17 heavy (non-hydrogen) atoms. The molecular weight excluding hydrogens is 238 g/mol. The van der Waals surface area contributed by atoms with E-state index in [0.29, 0.717) is 11.1 Å².